The van der Waals surface area contributed by atoms with Gasteiger partial charge in [-0.25, -0.2) is 4.98 Å². The molecule has 2 heterocycles. The third kappa shape index (κ3) is 4.22. The van der Waals surface area contributed by atoms with Gasteiger partial charge in [0, 0.05) is 24.2 Å². The van der Waals surface area contributed by atoms with Crippen molar-refractivity contribution in [2.45, 2.75) is 13.8 Å². The number of ether oxygens (including phenoxy) is 3. The van der Waals surface area contributed by atoms with Crippen molar-refractivity contribution < 1.29 is 23.8 Å². The third-order valence-corrected chi connectivity index (χ3v) is 5.55. The Bertz CT molecular complexity index is 1080. The highest BCUT2D eigenvalue weighted by molar-refractivity contribution is 7.17. The molecular formula is C21H18N2O5S. The lowest BCUT2D eigenvalue weighted by atomic mass is 10.2. The Kier molecular flexibility index (Phi) is 5.18. The van der Waals surface area contributed by atoms with E-state index in [9.17, 15) is 9.59 Å². The maximum atomic E-state index is 12.1. The quantitative estimate of drug-likeness (QED) is 0.617. The van der Waals surface area contributed by atoms with Crippen LogP contribution >= 0.6 is 11.3 Å². The highest BCUT2D eigenvalue weighted by Gasteiger charge is 2.15. The van der Waals surface area contributed by atoms with Gasteiger partial charge in [-0.15, -0.1) is 11.3 Å². The van der Waals surface area contributed by atoms with Crippen LogP contribution in [0.2, 0.25) is 0 Å². The number of fused-ring (bicyclic) bond motifs is 1. The summed E-state index contributed by atoms with van der Waals surface area (Å²) in [5.74, 6) is 1.55. The summed E-state index contributed by atoms with van der Waals surface area (Å²) >= 11 is 1.37. The van der Waals surface area contributed by atoms with Crippen LogP contribution in [-0.2, 0) is 4.79 Å². The summed E-state index contributed by atoms with van der Waals surface area (Å²) in [5.41, 5.74) is 2.24. The van der Waals surface area contributed by atoms with Gasteiger partial charge >= 0.3 is 0 Å². The number of ketones is 1. The van der Waals surface area contributed by atoms with Crippen LogP contribution in [0.15, 0.2) is 42.5 Å². The predicted molar refractivity (Wildman–Crippen MR) is 109 cm³/mol. The number of nitrogens with one attached hydrogen (secondary N) is 1. The van der Waals surface area contributed by atoms with Gasteiger partial charge in [-0.3, -0.25) is 9.59 Å². The summed E-state index contributed by atoms with van der Waals surface area (Å²) in [4.78, 5) is 28.8. The Hall–Kier alpha value is -3.39. The van der Waals surface area contributed by atoms with Crippen molar-refractivity contribution in [2.75, 3.05) is 18.7 Å². The zero-order valence-electron chi connectivity index (χ0n) is 15.9. The second-order valence-corrected chi connectivity index (χ2v) is 7.42. The lowest BCUT2D eigenvalue weighted by molar-refractivity contribution is -0.118. The number of carbonyl (C=O) groups is 2. The van der Waals surface area contributed by atoms with E-state index in [4.69, 9.17) is 14.2 Å². The number of anilines is 1. The van der Waals surface area contributed by atoms with Gasteiger partial charge in [0.05, 0.1) is 10.6 Å². The van der Waals surface area contributed by atoms with Crippen molar-refractivity contribution in [1.82, 2.24) is 4.98 Å². The van der Waals surface area contributed by atoms with Crippen LogP contribution < -0.4 is 19.5 Å². The molecule has 29 heavy (non-hydrogen) atoms. The van der Waals surface area contributed by atoms with E-state index in [2.05, 4.69) is 10.3 Å². The van der Waals surface area contributed by atoms with E-state index in [1.165, 1.54) is 18.3 Å². The van der Waals surface area contributed by atoms with E-state index in [-0.39, 0.29) is 25.1 Å². The second-order valence-electron chi connectivity index (χ2n) is 6.42. The Morgan fingerprint density at radius 2 is 1.90 bits per heavy atom. The summed E-state index contributed by atoms with van der Waals surface area (Å²) < 4.78 is 16.1. The minimum Gasteiger partial charge on any atom is -0.484 e. The number of aryl methyl sites for hydroxylation is 1. The van der Waals surface area contributed by atoms with Gasteiger partial charge in [-0.05, 0) is 43.3 Å². The number of benzene rings is 2. The maximum absolute atomic E-state index is 12.1. The number of Topliss-reactive ketones (excluding diaryl/α,β-unsaturated/α-hetero) is 1. The number of carbonyl (C=O) groups excluding carboxylic acids is 2. The number of rotatable bonds is 6. The molecule has 0 radical (unpaired) electrons. The summed E-state index contributed by atoms with van der Waals surface area (Å²) in [6, 6.07) is 12.4. The van der Waals surface area contributed by atoms with E-state index in [0.29, 0.717) is 27.8 Å². The Morgan fingerprint density at radius 3 is 2.62 bits per heavy atom. The molecule has 0 fully saturated rings. The molecule has 0 atom stereocenters. The molecule has 0 spiro atoms. The fourth-order valence-corrected chi connectivity index (χ4v) is 3.83. The van der Waals surface area contributed by atoms with Crippen LogP contribution in [-0.4, -0.2) is 30.1 Å². The molecule has 0 saturated carbocycles. The van der Waals surface area contributed by atoms with Crippen molar-refractivity contribution >= 4 is 28.7 Å². The lowest BCUT2D eigenvalue weighted by Gasteiger charge is -2.08. The van der Waals surface area contributed by atoms with Crippen molar-refractivity contribution in [3.63, 3.8) is 0 Å². The topological polar surface area (TPSA) is 86.8 Å². The normalized spacial score (nSPS) is 11.9. The molecule has 1 amide bonds. The van der Waals surface area contributed by atoms with Crippen molar-refractivity contribution in [3.05, 3.63) is 53.0 Å². The van der Waals surface area contributed by atoms with E-state index in [0.717, 1.165) is 16.3 Å². The standard InChI is InChI=1S/C21H18N2O5S/c1-12-20(13(2)24)29-21(22-12)14-3-6-16(7-4-14)26-10-19(25)23-15-5-8-17-18(9-15)28-11-27-17/h3-9H,10-11H2,1-2H3,(H,23,25). The Labute approximate surface area is 171 Å². The first kappa shape index (κ1) is 18.9. The van der Waals surface area contributed by atoms with E-state index in [1.54, 1.807) is 30.3 Å². The molecule has 0 unspecified atom stereocenters. The molecule has 0 aliphatic carbocycles. The zero-order chi connectivity index (χ0) is 20.4. The molecule has 1 aliphatic rings. The molecule has 4 rings (SSSR count). The van der Waals surface area contributed by atoms with Gasteiger partial charge in [-0.2, -0.15) is 0 Å². The van der Waals surface area contributed by atoms with Crippen LogP contribution in [0.4, 0.5) is 5.69 Å². The predicted octanol–water partition coefficient (Wildman–Crippen LogP) is 4.07. The highest BCUT2D eigenvalue weighted by atomic mass is 32.1. The van der Waals surface area contributed by atoms with Gasteiger partial charge in [0.1, 0.15) is 10.8 Å². The Morgan fingerprint density at radius 1 is 1.14 bits per heavy atom. The van der Waals surface area contributed by atoms with E-state index in [1.807, 2.05) is 19.1 Å². The van der Waals surface area contributed by atoms with Crippen molar-refractivity contribution in [2.24, 2.45) is 0 Å². The van der Waals surface area contributed by atoms with E-state index >= 15 is 0 Å². The molecule has 2 aromatic carbocycles. The molecular weight excluding hydrogens is 392 g/mol. The van der Waals surface area contributed by atoms with Crippen LogP contribution in [0.1, 0.15) is 22.3 Å². The number of aromatic nitrogens is 1. The van der Waals surface area contributed by atoms with Gasteiger partial charge < -0.3 is 19.5 Å². The summed E-state index contributed by atoms with van der Waals surface area (Å²) in [5, 5.41) is 3.54. The fourth-order valence-electron chi connectivity index (χ4n) is 2.86. The monoisotopic (exact) mass is 410 g/mol. The summed E-state index contributed by atoms with van der Waals surface area (Å²) in [6.07, 6.45) is 0. The molecule has 1 aliphatic heterocycles. The number of hydrogen-bond donors (Lipinski definition) is 1. The first-order valence-corrected chi connectivity index (χ1v) is 9.72. The van der Waals surface area contributed by atoms with Gasteiger partial charge in [0.2, 0.25) is 6.79 Å². The maximum Gasteiger partial charge on any atom is 0.262 e. The lowest BCUT2D eigenvalue weighted by Crippen LogP contribution is -2.20. The number of nitrogens with zero attached hydrogens (tertiary/aromatic N) is 1. The highest BCUT2D eigenvalue weighted by Crippen LogP contribution is 2.34. The van der Waals surface area contributed by atoms with Gasteiger partial charge in [0.15, 0.2) is 23.9 Å². The third-order valence-electron chi connectivity index (χ3n) is 4.24. The first-order chi connectivity index (χ1) is 14.0. The van der Waals surface area contributed by atoms with Gasteiger partial charge in [0.25, 0.3) is 5.91 Å². The molecule has 1 aromatic heterocycles. The van der Waals surface area contributed by atoms with E-state index < -0.39 is 0 Å². The smallest absolute Gasteiger partial charge is 0.262 e. The largest absolute Gasteiger partial charge is 0.484 e. The van der Waals surface area contributed by atoms with Gasteiger partial charge in [-0.1, -0.05) is 0 Å². The molecule has 0 saturated heterocycles. The van der Waals surface area contributed by atoms with Crippen molar-refractivity contribution in [3.8, 4) is 27.8 Å². The number of thiazole rings is 1. The summed E-state index contributed by atoms with van der Waals surface area (Å²) in [6.45, 7) is 3.42. The average molecular weight is 410 g/mol. The molecule has 0 bridgehead atoms. The average Bonchev–Trinajstić information content (AvgIpc) is 3.33. The molecule has 1 N–H and O–H groups in total. The van der Waals surface area contributed by atoms with Crippen LogP contribution in [0.5, 0.6) is 17.2 Å². The number of hydrogen-bond acceptors (Lipinski definition) is 7. The van der Waals surface area contributed by atoms with Crippen LogP contribution in [0.3, 0.4) is 0 Å². The minimum absolute atomic E-state index is 0.0136. The Balaban J connectivity index is 1.35. The second kappa shape index (κ2) is 7.92. The molecule has 3 aromatic rings. The number of amides is 1. The SMILES string of the molecule is CC(=O)c1sc(-c2ccc(OCC(=O)Nc3ccc4c(c3)OCO4)cc2)nc1C. The first-order valence-electron chi connectivity index (χ1n) is 8.91. The molecule has 148 valence electrons. The fraction of sp³-hybridized carbons (Fsp3) is 0.190. The molecule has 8 heteroatoms. The molecule has 7 nitrogen and oxygen atoms in total. The zero-order valence-corrected chi connectivity index (χ0v) is 16.7. The summed E-state index contributed by atoms with van der Waals surface area (Å²) in [7, 11) is 0. The van der Waals surface area contributed by atoms with Crippen LogP contribution in [0.25, 0.3) is 10.6 Å². The van der Waals surface area contributed by atoms with Crippen molar-refractivity contribution in [1.29, 1.82) is 0 Å². The van der Waals surface area contributed by atoms with Crippen LogP contribution in [0, 0.1) is 6.92 Å². The minimum atomic E-state index is -0.283.